The molecule has 0 spiro atoms. The van der Waals surface area contributed by atoms with Gasteiger partial charge >= 0.3 is 7.05 Å². The molecular formula is C18H21BN2O2. The number of benzene rings is 2. The number of nitrogens with one attached hydrogen (secondary N) is 1. The summed E-state index contributed by atoms with van der Waals surface area (Å²) in [5, 5.41) is 14.6. The molecule has 5 heteroatoms. The summed E-state index contributed by atoms with van der Waals surface area (Å²) >= 11 is 0. The molecule has 3 aromatic rings. The Labute approximate surface area is 136 Å². The molecule has 0 unspecified atom stereocenters. The number of hydrogen-bond acceptors (Lipinski definition) is 3. The molecule has 0 bridgehead atoms. The highest BCUT2D eigenvalue weighted by Crippen LogP contribution is 2.21. The molecule has 0 aliphatic carbocycles. The van der Waals surface area contributed by atoms with Crippen molar-refractivity contribution in [2.75, 3.05) is 7.11 Å². The Balaban J connectivity index is 1.71. The zero-order valence-electron chi connectivity index (χ0n) is 13.5. The normalized spacial score (nSPS) is 10.9. The highest BCUT2D eigenvalue weighted by atomic mass is 16.5. The summed E-state index contributed by atoms with van der Waals surface area (Å²) in [6.45, 7) is 3.32. The Morgan fingerprint density at radius 2 is 1.83 bits per heavy atom. The van der Waals surface area contributed by atoms with Crippen molar-refractivity contribution in [1.82, 2.24) is 9.79 Å². The summed E-state index contributed by atoms with van der Waals surface area (Å²) in [6.07, 6.45) is 2.02. The third-order valence-corrected chi connectivity index (χ3v) is 4.03. The van der Waals surface area contributed by atoms with E-state index in [0.29, 0.717) is 0 Å². The fourth-order valence-electron chi connectivity index (χ4n) is 2.81. The minimum Gasteiger partial charge on any atom is -0.497 e. The molecule has 0 fully saturated rings. The van der Waals surface area contributed by atoms with Gasteiger partial charge < -0.3 is 19.6 Å². The second-order valence-corrected chi connectivity index (χ2v) is 5.66. The van der Waals surface area contributed by atoms with Crippen LogP contribution in [0, 0.1) is 0 Å². The lowest BCUT2D eigenvalue weighted by atomic mass is 9.88. The van der Waals surface area contributed by atoms with Crippen molar-refractivity contribution in [3.8, 4) is 5.75 Å². The van der Waals surface area contributed by atoms with E-state index < -0.39 is 7.05 Å². The molecule has 0 aliphatic heterocycles. The van der Waals surface area contributed by atoms with E-state index in [1.54, 1.807) is 13.9 Å². The molecule has 0 radical (unpaired) electrons. The molecule has 118 valence electrons. The van der Waals surface area contributed by atoms with E-state index in [1.807, 2.05) is 41.0 Å². The SMILES string of the molecule is COc1ccc(CNCc2cn(B(C)O)c3ccccc23)cc1. The molecule has 0 saturated heterocycles. The molecule has 0 aliphatic rings. The average Bonchev–Trinajstić information content (AvgIpc) is 2.95. The van der Waals surface area contributed by atoms with Gasteiger partial charge in [0.2, 0.25) is 0 Å². The van der Waals surface area contributed by atoms with E-state index in [-0.39, 0.29) is 0 Å². The van der Waals surface area contributed by atoms with Crippen LogP contribution >= 0.6 is 0 Å². The Kier molecular flexibility index (Phi) is 4.69. The quantitative estimate of drug-likeness (QED) is 0.688. The highest BCUT2D eigenvalue weighted by molar-refractivity contribution is 6.48. The van der Waals surface area contributed by atoms with Gasteiger partial charge in [0, 0.05) is 24.0 Å². The van der Waals surface area contributed by atoms with Crippen molar-refractivity contribution < 1.29 is 9.76 Å². The first-order valence-electron chi connectivity index (χ1n) is 7.79. The fraction of sp³-hybridized carbons (Fsp3) is 0.222. The molecule has 3 rings (SSSR count). The van der Waals surface area contributed by atoms with Gasteiger partial charge in [-0.1, -0.05) is 30.3 Å². The van der Waals surface area contributed by atoms with Crippen molar-refractivity contribution in [3.05, 3.63) is 65.9 Å². The Hall–Kier alpha value is -2.24. The monoisotopic (exact) mass is 308 g/mol. The minimum absolute atomic E-state index is 0.532. The first-order valence-corrected chi connectivity index (χ1v) is 7.79. The second-order valence-electron chi connectivity index (χ2n) is 5.66. The minimum atomic E-state index is -0.532. The Bertz CT molecular complexity index is 781. The lowest BCUT2D eigenvalue weighted by molar-refractivity contribution is 0.414. The predicted molar refractivity (Wildman–Crippen MR) is 94.7 cm³/mol. The van der Waals surface area contributed by atoms with Gasteiger partial charge in [0.05, 0.1) is 7.11 Å². The Morgan fingerprint density at radius 3 is 2.52 bits per heavy atom. The number of para-hydroxylation sites is 1. The van der Waals surface area contributed by atoms with Crippen LogP contribution in [0.15, 0.2) is 54.7 Å². The average molecular weight is 308 g/mol. The van der Waals surface area contributed by atoms with Crippen molar-refractivity contribution in [2.45, 2.75) is 19.9 Å². The maximum atomic E-state index is 9.92. The zero-order chi connectivity index (χ0) is 16.2. The molecule has 0 saturated carbocycles. The maximum Gasteiger partial charge on any atom is 0.413 e. The van der Waals surface area contributed by atoms with E-state index in [4.69, 9.17) is 4.74 Å². The third-order valence-electron chi connectivity index (χ3n) is 4.03. The van der Waals surface area contributed by atoms with Gasteiger partial charge in [0.25, 0.3) is 0 Å². The van der Waals surface area contributed by atoms with E-state index in [2.05, 4.69) is 23.5 Å². The van der Waals surface area contributed by atoms with Gasteiger partial charge in [0.1, 0.15) is 5.75 Å². The van der Waals surface area contributed by atoms with E-state index in [9.17, 15) is 5.02 Å². The van der Waals surface area contributed by atoms with Crippen molar-refractivity contribution in [2.24, 2.45) is 0 Å². The number of ether oxygens (including phenoxy) is 1. The smallest absolute Gasteiger partial charge is 0.413 e. The van der Waals surface area contributed by atoms with Crippen LogP contribution in [0.1, 0.15) is 11.1 Å². The summed E-state index contributed by atoms with van der Waals surface area (Å²) in [6, 6.07) is 16.2. The summed E-state index contributed by atoms with van der Waals surface area (Å²) in [7, 11) is 1.14. The van der Waals surface area contributed by atoms with Crippen LogP contribution in [0.2, 0.25) is 6.82 Å². The largest absolute Gasteiger partial charge is 0.497 e. The lowest BCUT2D eigenvalue weighted by Crippen LogP contribution is -2.18. The molecular weight excluding hydrogens is 287 g/mol. The summed E-state index contributed by atoms with van der Waals surface area (Å²) in [5.41, 5.74) is 3.46. The van der Waals surface area contributed by atoms with Crippen LogP contribution in [0.3, 0.4) is 0 Å². The van der Waals surface area contributed by atoms with Crippen LogP contribution in [0.25, 0.3) is 10.9 Å². The Morgan fingerprint density at radius 1 is 1.09 bits per heavy atom. The van der Waals surface area contributed by atoms with Crippen LogP contribution < -0.4 is 10.1 Å². The molecule has 2 aromatic carbocycles. The fourth-order valence-corrected chi connectivity index (χ4v) is 2.81. The van der Waals surface area contributed by atoms with Crippen molar-refractivity contribution >= 4 is 18.0 Å². The van der Waals surface area contributed by atoms with Gasteiger partial charge in [-0.2, -0.15) is 0 Å². The summed E-state index contributed by atoms with van der Waals surface area (Å²) < 4.78 is 7.07. The van der Waals surface area contributed by atoms with E-state index in [0.717, 1.165) is 24.4 Å². The first kappa shape index (κ1) is 15.7. The number of methoxy groups -OCH3 is 1. The van der Waals surface area contributed by atoms with Crippen molar-refractivity contribution in [1.29, 1.82) is 0 Å². The standard InChI is InChI=1S/C18H21BN2O2/c1-19(22)21-13-15(17-5-3-4-6-18(17)21)12-20-11-14-7-9-16(23-2)10-8-14/h3-10,13,20,22H,11-12H2,1-2H3. The van der Waals surface area contributed by atoms with Gasteiger partial charge in [-0.25, -0.2) is 0 Å². The number of hydrogen-bond donors (Lipinski definition) is 2. The third kappa shape index (κ3) is 3.41. The number of rotatable bonds is 6. The van der Waals surface area contributed by atoms with Crippen LogP contribution in [-0.2, 0) is 13.1 Å². The lowest BCUT2D eigenvalue weighted by Gasteiger charge is -2.05. The van der Waals surface area contributed by atoms with Crippen LogP contribution in [-0.4, -0.2) is 23.7 Å². The molecule has 0 atom stereocenters. The highest BCUT2D eigenvalue weighted by Gasteiger charge is 2.13. The van der Waals surface area contributed by atoms with Crippen LogP contribution in [0.5, 0.6) is 5.75 Å². The van der Waals surface area contributed by atoms with E-state index >= 15 is 0 Å². The molecule has 1 heterocycles. The maximum absolute atomic E-state index is 9.92. The van der Waals surface area contributed by atoms with Crippen LogP contribution in [0.4, 0.5) is 0 Å². The van der Waals surface area contributed by atoms with Gasteiger partial charge in [-0.15, -0.1) is 0 Å². The van der Waals surface area contributed by atoms with Gasteiger partial charge in [-0.3, -0.25) is 0 Å². The molecule has 1 aromatic heterocycles. The van der Waals surface area contributed by atoms with E-state index in [1.165, 1.54) is 16.5 Å². The van der Waals surface area contributed by atoms with Gasteiger partial charge in [0.15, 0.2) is 0 Å². The number of aromatic nitrogens is 1. The topological polar surface area (TPSA) is 46.4 Å². The summed E-state index contributed by atoms with van der Waals surface area (Å²) in [5.74, 6) is 0.869. The molecule has 4 nitrogen and oxygen atoms in total. The zero-order valence-corrected chi connectivity index (χ0v) is 13.5. The number of nitrogens with zero attached hydrogens (tertiary/aromatic N) is 1. The first-order chi connectivity index (χ1) is 11.2. The van der Waals surface area contributed by atoms with Crippen molar-refractivity contribution in [3.63, 3.8) is 0 Å². The molecule has 23 heavy (non-hydrogen) atoms. The molecule has 2 N–H and O–H groups in total. The summed E-state index contributed by atoms with van der Waals surface area (Å²) in [4.78, 5) is 0. The van der Waals surface area contributed by atoms with Gasteiger partial charge in [-0.05, 0) is 42.3 Å². The predicted octanol–water partition coefficient (Wildman–Crippen LogP) is 2.90. The number of fused-ring (bicyclic) bond motifs is 1. The second kappa shape index (κ2) is 6.90. The molecule has 0 amide bonds.